The van der Waals surface area contributed by atoms with E-state index in [-0.39, 0.29) is 12.0 Å². The third-order valence-electron chi connectivity index (χ3n) is 2.21. The lowest BCUT2D eigenvalue weighted by atomic mass is 10.2. The van der Waals surface area contributed by atoms with Crippen LogP contribution in [0.15, 0.2) is 41.1 Å². The number of anilines is 1. The third-order valence-corrected chi connectivity index (χ3v) is 2.87. The standard InChI is InChI=1S/C12H10BrClN4O/c13-9-6-15-11(16-7-9)18-12(19)17-5-8-1-3-10(14)4-2-8/h1-4,6-7H,5H2,(H2,15,16,17,18,19). The van der Waals surface area contributed by atoms with E-state index in [0.717, 1.165) is 10.0 Å². The number of rotatable bonds is 3. The van der Waals surface area contributed by atoms with Gasteiger partial charge in [-0.05, 0) is 33.6 Å². The quantitative estimate of drug-likeness (QED) is 0.901. The summed E-state index contributed by atoms with van der Waals surface area (Å²) in [5.41, 5.74) is 0.955. The summed E-state index contributed by atoms with van der Waals surface area (Å²) in [5, 5.41) is 5.89. The molecule has 2 rings (SSSR count). The number of amides is 2. The number of nitrogens with one attached hydrogen (secondary N) is 2. The number of urea groups is 1. The molecule has 19 heavy (non-hydrogen) atoms. The van der Waals surface area contributed by atoms with Crippen LogP contribution < -0.4 is 10.6 Å². The molecule has 2 N–H and O–H groups in total. The van der Waals surface area contributed by atoms with Crippen LogP contribution in [-0.4, -0.2) is 16.0 Å². The molecule has 0 bridgehead atoms. The van der Waals surface area contributed by atoms with E-state index in [4.69, 9.17) is 11.6 Å². The Labute approximate surface area is 123 Å². The number of hydrogen-bond donors (Lipinski definition) is 2. The maximum absolute atomic E-state index is 11.6. The Kier molecular flexibility index (Phi) is 4.70. The average Bonchev–Trinajstić information content (AvgIpc) is 2.41. The van der Waals surface area contributed by atoms with E-state index in [9.17, 15) is 4.79 Å². The zero-order valence-corrected chi connectivity index (χ0v) is 12.1. The fraction of sp³-hybridized carbons (Fsp3) is 0.0833. The summed E-state index contributed by atoms with van der Waals surface area (Å²) in [6, 6.07) is 6.87. The molecule has 0 saturated heterocycles. The van der Waals surface area contributed by atoms with Crippen molar-refractivity contribution < 1.29 is 4.79 Å². The molecular weight excluding hydrogens is 332 g/mol. The van der Waals surface area contributed by atoms with Crippen molar-refractivity contribution in [2.45, 2.75) is 6.54 Å². The minimum absolute atomic E-state index is 0.247. The molecule has 0 spiro atoms. The minimum Gasteiger partial charge on any atom is -0.334 e. The van der Waals surface area contributed by atoms with E-state index < -0.39 is 0 Å². The van der Waals surface area contributed by atoms with Gasteiger partial charge in [-0.25, -0.2) is 14.8 Å². The maximum Gasteiger partial charge on any atom is 0.321 e. The first-order chi connectivity index (χ1) is 9.13. The van der Waals surface area contributed by atoms with Crippen LogP contribution in [0.2, 0.25) is 5.02 Å². The van der Waals surface area contributed by atoms with Crippen LogP contribution in [0.4, 0.5) is 10.7 Å². The number of halogens is 2. The number of aromatic nitrogens is 2. The number of nitrogens with zero attached hydrogens (tertiary/aromatic N) is 2. The Morgan fingerprint density at radius 2 is 1.84 bits per heavy atom. The Morgan fingerprint density at radius 1 is 1.21 bits per heavy atom. The Morgan fingerprint density at radius 3 is 2.47 bits per heavy atom. The lowest BCUT2D eigenvalue weighted by Gasteiger charge is -2.06. The second-order valence-electron chi connectivity index (χ2n) is 3.66. The Bertz CT molecular complexity index is 559. The highest BCUT2D eigenvalue weighted by Gasteiger charge is 2.03. The summed E-state index contributed by atoms with van der Waals surface area (Å²) in [5.74, 6) is 0.247. The highest BCUT2D eigenvalue weighted by atomic mass is 79.9. The molecule has 5 nitrogen and oxygen atoms in total. The molecule has 0 fully saturated rings. The highest BCUT2D eigenvalue weighted by molar-refractivity contribution is 9.10. The number of carbonyl (C=O) groups is 1. The van der Waals surface area contributed by atoms with Crippen LogP contribution in [0.1, 0.15) is 5.56 Å². The summed E-state index contributed by atoms with van der Waals surface area (Å²) < 4.78 is 0.750. The molecule has 2 amide bonds. The van der Waals surface area contributed by atoms with Gasteiger partial charge in [0.15, 0.2) is 0 Å². The number of hydrogen-bond acceptors (Lipinski definition) is 3. The molecule has 1 aromatic heterocycles. The molecule has 98 valence electrons. The van der Waals surface area contributed by atoms with E-state index >= 15 is 0 Å². The van der Waals surface area contributed by atoms with Crippen LogP contribution in [-0.2, 0) is 6.54 Å². The average molecular weight is 342 g/mol. The largest absolute Gasteiger partial charge is 0.334 e. The van der Waals surface area contributed by atoms with E-state index in [0.29, 0.717) is 11.6 Å². The molecule has 0 unspecified atom stereocenters. The topological polar surface area (TPSA) is 66.9 Å². The van der Waals surface area contributed by atoms with Gasteiger partial charge in [0.2, 0.25) is 5.95 Å². The molecule has 0 aliphatic rings. The fourth-order valence-corrected chi connectivity index (χ4v) is 1.64. The summed E-state index contributed by atoms with van der Waals surface area (Å²) in [6.45, 7) is 0.402. The maximum atomic E-state index is 11.6. The van der Waals surface area contributed by atoms with Crippen LogP contribution in [0.3, 0.4) is 0 Å². The van der Waals surface area contributed by atoms with E-state index in [2.05, 4.69) is 36.5 Å². The zero-order valence-electron chi connectivity index (χ0n) is 9.73. The van der Waals surface area contributed by atoms with Gasteiger partial charge in [-0.3, -0.25) is 5.32 Å². The van der Waals surface area contributed by atoms with Gasteiger partial charge in [0.05, 0.1) is 4.47 Å². The molecule has 7 heteroatoms. The van der Waals surface area contributed by atoms with Crippen molar-refractivity contribution in [1.82, 2.24) is 15.3 Å². The first-order valence-corrected chi connectivity index (χ1v) is 6.57. The normalized spacial score (nSPS) is 10.0. The van der Waals surface area contributed by atoms with Crippen molar-refractivity contribution >= 4 is 39.5 Å². The lowest BCUT2D eigenvalue weighted by Crippen LogP contribution is -2.28. The molecule has 2 aromatic rings. The van der Waals surface area contributed by atoms with Gasteiger partial charge in [-0.2, -0.15) is 0 Å². The predicted molar refractivity (Wildman–Crippen MR) is 77.0 cm³/mol. The van der Waals surface area contributed by atoms with Gasteiger partial charge < -0.3 is 5.32 Å². The molecule has 0 saturated carbocycles. The van der Waals surface area contributed by atoms with Crippen LogP contribution in [0, 0.1) is 0 Å². The molecule has 0 aliphatic carbocycles. The van der Waals surface area contributed by atoms with Crippen molar-refractivity contribution in [1.29, 1.82) is 0 Å². The molecule has 1 heterocycles. The van der Waals surface area contributed by atoms with E-state index in [1.54, 1.807) is 24.5 Å². The van der Waals surface area contributed by atoms with Crippen molar-refractivity contribution in [3.05, 3.63) is 51.7 Å². The van der Waals surface area contributed by atoms with Gasteiger partial charge in [0, 0.05) is 24.0 Å². The first kappa shape index (κ1) is 13.8. The first-order valence-electron chi connectivity index (χ1n) is 5.40. The molecule has 0 radical (unpaired) electrons. The second-order valence-corrected chi connectivity index (χ2v) is 5.01. The number of carbonyl (C=O) groups excluding carboxylic acids is 1. The van der Waals surface area contributed by atoms with Gasteiger partial charge in [0.1, 0.15) is 0 Å². The molecule has 0 aliphatic heterocycles. The van der Waals surface area contributed by atoms with Crippen molar-refractivity contribution in [3.63, 3.8) is 0 Å². The van der Waals surface area contributed by atoms with Gasteiger partial charge >= 0.3 is 6.03 Å². The highest BCUT2D eigenvalue weighted by Crippen LogP contribution is 2.09. The van der Waals surface area contributed by atoms with Gasteiger partial charge in [-0.15, -0.1) is 0 Å². The summed E-state index contributed by atoms with van der Waals surface area (Å²) in [7, 11) is 0. The second kappa shape index (κ2) is 6.49. The SMILES string of the molecule is O=C(NCc1ccc(Cl)cc1)Nc1ncc(Br)cn1. The fourth-order valence-electron chi connectivity index (χ4n) is 1.31. The van der Waals surface area contributed by atoms with E-state index in [1.165, 1.54) is 0 Å². The minimum atomic E-state index is -0.364. The van der Waals surface area contributed by atoms with Crippen LogP contribution in [0.25, 0.3) is 0 Å². The monoisotopic (exact) mass is 340 g/mol. The van der Waals surface area contributed by atoms with Crippen molar-refractivity contribution in [2.75, 3.05) is 5.32 Å². The van der Waals surface area contributed by atoms with Crippen LogP contribution >= 0.6 is 27.5 Å². The molecular formula is C12H10BrClN4O. The Hall–Kier alpha value is -1.66. The third kappa shape index (κ3) is 4.50. The summed E-state index contributed by atoms with van der Waals surface area (Å²) in [4.78, 5) is 19.5. The van der Waals surface area contributed by atoms with E-state index in [1.807, 2.05) is 12.1 Å². The zero-order chi connectivity index (χ0) is 13.7. The van der Waals surface area contributed by atoms with Gasteiger partial charge in [-0.1, -0.05) is 23.7 Å². The summed E-state index contributed by atoms with van der Waals surface area (Å²) in [6.07, 6.45) is 3.11. The van der Waals surface area contributed by atoms with Crippen molar-refractivity contribution in [3.8, 4) is 0 Å². The van der Waals surface area contributed by atoms with Crippen LogP contribution in [0.5, 0.6) is 0 Å². The number of benzene rings is 1. The molecule has 1 aromatic carbocycles. The Balaban J connectivity index is 1.84. The lowest BCUT2D eigenvalue weighted by molar-refractivity contribution is 0.251. The predicted octanol–water partition coefficient (Wildman–Crippen LogP) is 3.21. The summed E-state index contributed by atoms with van der Waals surface area (Å²) >= 11 is 8.99. The van der Waals surface area contributed by atoms with Crippen molar-refractivity contribution in [2.24, 2.45) is 0 Å². The van der Waals surface area contributed by atoms with Gasteiger partial charge in [0.25, 0.3) is 0 Å². The molecule has 0 atom stereocenters. The smallest absolute Gasteiger partial charge is 0.321 e.